The van der Waals surface area contributed by atoms with Crippen molar-refractivity contribution in [1.82, 2.24) is 0 Å². The highest BCUT2D eigenvalue weighted by atomic mass is 79.9. The second kappa shape index (κ2) is 4.99. The molecule has 100 valence electrons. The molecule has 0 bridgehead atoms. The second-order valence-corrected chi connectivity index (χ2v) is 5.45. The fourth-order valence-corrected chi connectivity index (χ4v) is 2.60. The van der Waals surface area contributed by atoms with E-state index in [-0.39, 0.29) is 13.0 Å². The zero-order valence-corrected chi connectivity index (χ0v) is 11.3. The molecule has 1 aromatic carbocycles. The summed E-state index contributed by atoms with van der Waals surface area (Å²) < 4.78 is 39.0. The zero-order chi connectivity index (χ0) is 13.3. The van der Waals surface area contributed by atoms with Crippen LogP contribution in [0.1, 0.15) is 12.8 Å². The molecule has 1 unspecified atom stereocenters. The van der Waals surface area contributed by atoms with E-state index in [1.165, 1.54) is 0 Å². The number of hydrogen-bond acceptors (Lipinski definition) is 2. The summed E-state index contributed by atoms with van der Waals surface area (Å²) in [6, 6.07) is 5.26. The lowest BCUT2D eigenvalue weighted by Gasteiger charge is -2.35. The standard InChI is InChI=1S/C12H14BrF3N2/c13-9-3-4-10(17)11(6-9)18-5-1-2-8(7-18)12(14,15)16/h3-4,6,8H,1-2,5,7,17H2. The Morgan fingerprint density at radius 1 is 1.33 bits per heavy atom. The Bertz CT molecular complexity index is 434. The molecule has 1 aliphatic rings. The van der Waals surface area contributed by atoms with Gasteiger partial charge in [0.1, 0.15) is 0 Å². The Labute approximate surface area is 112 Å². The fraction of sp³-hybridized carbons (Fsp3) is 0.500. The lowest BCUT2D eigenvalue weighted by atomic mass is 9.97. The minimum Gasteiger partial charge on any atom is -0.397 e. The number of nitrogens with zero attached hydrogens (tertiary/aromatic N) is 1. The molecule has 0 spiro atoms. The Balaban J connectivity index is 2.21. The third-order valence-electron chi connectivity index (χ3n) is 3.22. The quantitative estimate of drug-likeness (QED) is 0.797. The van der Waals surface area contributed by atoms with Gasteiger partial charge < -0.3 is 10.6 Å². The molecule has 0 saturated carbocycles. The molecule has 6 heteroatoms. The molecule has 18 heavy (non-hydrogen) atoms. The van der Waals surface area contributed by atoms with Crippen LogP contribution in [0.15, 0.2) is 22.7 Å². The van der Waals surface area contributed by atoms with Gasteiger partial charge in [0, 0.05) is 17.6 Å². The summed E-state index contributed by atoms with van der Waals surface area (Å²) in [5.74, 6) is -1.26. The number of nitrogen functional groups attached to an aromatic ring is 1. The molecule has 0 amide bonds. The lowest BCUT2D eigenvalue weighted by molar-refractivity contribution is -0.175. The van der Waals surface area contributed by atoms with E-state index in [0.29, 0.717) is 24.3 Å². The second-order valence-electron chi connectivity index (χ2n) is 4.53. The third-order valence-corrected chi connectivity index (χ3v) is 3.71. The summed E-state index contributed by atoms with van der Waals surface area (Å²) >= 11 is 3.31. The molecular formula is C12H14BrF3N2. The van der Waals surface area contributed by atoms with Gasteiger partial charge in [-0.25, -0.2) is 0 Å². The van der Waals surface area contributed by atoms with Crippen molar-refractivity contribution < 1.29 is 13.2 Å². The fourth-order valence-electron chi connectivity index (χ4n) is 2.25. The van der Waals surface area contributed by atoms with E-state index in [1.54, 1.807) is 23.1 Å². The molecule has 1 aromatic rings. The van der Waals surface area contributed by atoms with Gasteiger partial charge >= 0.3 is 6.18 Å². The van der Waals surface area contributed by atoms with Crippen LogP contribution >= 0.6 is 15.9 Å². The third kappa shape index (κ3) is 2.91. The Hall–Kier alpha value is -0.910. The Kier molecular flexibility index (Phi) is 3.75. The summed E-state index contributed by atoms with van der Waals surface area (Å²) in [5.41, 5.74) is 7.02. The highest BCUT2D eigenvalue weighted by Gasteiger charge is 2.42. The highest BCUT2D eigenvalue weighted by Crippen LogP contribution is 2.36. The maximum Gasteiger partial charge on any atom is 0.393 e. The molecule has 0 aliphatic carbocycles. The van der Waals surface area contributed by atoms with Crippen LogP contribution in [0.3, 0.4) is 0 Å². The normalized spacial score (nSPS) is 21.1. The van der Waals surface area contributed by atoms with E-state index in [1.807, 2.05) is 0 Å². The molecule has 0 radical (unpaired) electrons. The van der Waals surface area contributed by atoms with Crippen LogP contribution in [0.25, 0.3) is 0 Å². The number of hydrogen-bond donors (Lipinski definition) is 1. The zero-order valence-electron chi connectivity index (χ0n) is 9.67. The van der Waals surface area contributed by atoms with Crippen molar-refractivity contribution in [3.63, 3.8) is 0 Å². The Morgan fingerprint density at radius 3 is 2.72 bits per heavy atom. The van der Waals surface area contributed by atoms with Crippen LogP contribution in [0.4, 0.5) is 24.5 Å². The Morgan fingerprint density at radius 2 is 2.06 bits per heavy atom. The summed E-state index contributed by atoms with van der Waals surface area (Å²) in [6.07, 6.45) is -3.39. The van der Waals surface area contributed by atoms with Gasteiger partial charge in [-0.2, -0.15) is 13.2 Å². The van der Waals surface area contributed by atoms with Gasteiger partial charge in [-0.1, -0.05) is 15.9 Å². The van der Waals surface area contributed by atoms with Crippen molar-refractivity contribution in [2.75, 3.05) is 23.7 Å². The van der Waals surface area contributed by atoms with E-state index >= 15 is 0 Å². The molecule has 1 atom stereocenters. The summed E-state index contributed by atoms with van der Waals surface area (Å²) in [5, 5.41) is 0. The first-order valence-corrected chi connectivity index (χ1v) is 6.54. The van der Waals surface area contributed by atoms with Gasteiger partial charge in [0.15, 0.2) is 0 Å². The van der Waals surface area contributed by atoms with E-state index in [0.717, 1.165) is 4.47 Å². The first-order chi connectivity index (χ1) is 8.38. The van der Waals surface area contributed by atoms with E-state index < -0.39 is 12.1 Å². The summed E-state index contributed by atoms with van der Waals surface area (Å²) in [6.45, 7) is 0.609. The SMILES string of the molecule is Nc1ccc(Br)cc1N1CCCC(C(F)(F)F)C1. The van der Waals surface area contributed by atoms with Gasteiger partial charge in [0.05, 0.1) is 17.3 Å². The molecular weight excluding hydrogens is 309 g/mol. The van der Waals surface area contributed by atoms with Crippen LogP contribution in [-0.4, -0.2) is 19.3 Å². The summed E-state index contributed by atoms with van der Waals surface area (Å²) in [7, 11) is 0. The molecule has 1 heterocycles. The number of nitrogens with two attached hydrogens (primary N) is 1. The van der Waals surface area contributed by atoms with Gasteiger partial charge in [-0.15, -0.1) is 0 Å². The first kappa shape index (κ1) is 13.5. The predicted octanol–water partition coefficient (Wildman–Crippen LogP) is 3.81. The molecule has 2 N–H and O–H groups in total. The highest BCUT2D eigenvalue weighted by molar-refractivity contribution is 9.10. The summed E-state index contributed by atoms with van der Waals surface area (Å²) in [4.78, 5) is 1.72. The number of benzene rings is 1. The molecule has 2 nitrogen and oxygen atoms in total. The van der Waals surface area contributed by atoms with E-state index in [9.17, 15) is 13.2 Å². The smallest absolute Gasteiger partial charge is 0.393 e. The minimum atomic E-state index is -4.13. The lowest BCUT2D eigenvalue weighted by Crippen LogP contribution is -2.42. The van der Waals surface area contributed by atoms with E-state index in [2.05, 4.69) is 15.9 Å². The van der Waals surface area contributed by atoms with Crippen LogP contribution in [0.2, 0.25) is 0 Å². The van der Waals surface area contributed by atoms with Crippen LogP contribution in [0.5, 0.6) is 0 Å². The van der Waals surface area contributed by atoms with Crippen LogP contribution < -0.4 is 10.6 Å². The van der Waals surface area contributed by atoms with Crippen molar-refractivity contribution in [3.8, 4) is 0 Å². The molecule has 2 rings (SSSR count). The maximum atomic E-state index is 12.7. The largest absolute Gasteiger partial charge is 0.397 e. The number of rotatable bonds is 1. The monoisotopic (exact) mass is 322 g/mol. The molecule has 1 saturated heterocycles. The van der Waals surface area contributed by atoms with Crippen molar-refractivity contribution in [3.05, 3.63) is 22.7 Å². The first-order valence-electron chi connectivity index (χ1n) is 5.74. The van der Waals surface area contributed by atoms with Gasteiger partial charge in [-0.05, 0) is 31.0 Å². The van der Waals surface area contributed by atoms with E-state index in [4.69, 9.17) is 5.73 Å². The van der Waals surface area contributed by atoms with Crippen molar-refractivity contribution >= 4 is 27.3 Å². The van der Waals surface area contributed by atoms with Crippen molar-refractivity contribution in [1.29, 1.82) is 0 Å². The number of piperidine rings is 1. The van der Waals surface area contributed by atoms with Gasteiger partial charge in [-0.3, -0.25) is 0 Å². The van der Waals surface area contributed by atoms with Crippen LogP contribution in [0, 0.1) is 5.92 Å². The van der Waals surface area contributed by atoms with Gasteiger partial charge in [0.25, 0.3) is 0 Å². The maximum absolute atomic E-state index is 12.7. The number of halogens is 4. The number of anilines is 2. The topological polar surface area (TPSA) is 29.3 Å². The number of alkyl halides is 3. The van der Waals surface area contributed by atoms with Gasteiger partial charge in [0.2, 0.25) is 0 Å². The average Bonchev–Trinajstić information content (AvgIpc) is 2.31. The molecule has 0 aromatic heterocycles. The van der Waals surface area contributed by atoms with Crippen molar-refractivity contribution in [2.45, 2.75) is 19.0 Å². The van der Waals surface area contributed by atoms with Crippen LogP contribution in [-0.2, 0) is 0 Å². The molecule has 1 aliphatic heterocycles. The molecule has 1 fully saturated rings. The predicted molar refractivity (Wildman–Crippen MR) is 69.5 cm³/mol. The van der Waals surface area contributed by atoms with Crippen molar-refractivity contribution in [2.24, 2.45) is 5.92 Å². The average molecular weight is 323 g/mol. The minimum absolute atomic E-state index is 0.00977.